The molecule has 4 rings (SSSR count). The Labute approximate surface area is 146 Å². The van der Waals surface area contributed by atoms with Gasteiger partial charge >= 0.3 is 0 Å². The van der Waals surface area contributed by atoms with Crippen LogP contribution < -0.4 is 5.32 Å². The van der Waals surface area contributed by atoms with Crippen molar-refractivity contribution in [1.82, 2.24) is 15.2 Å². The highest BCUT2D eigenvalue weighted by Crippen LogP contribution is 2.32. The van der Waals surface area contributed by atoms with Crippen molar-refractivity contribution >= 4 is 16.8 Å². The predicted molar refractivity (Wildman–Crippen MR) is 94.0 cm³/mol. The molecule has 2 heterocycles. The molecular weight excluding hydrogens is 321 g/mol. The number of rotatable bonds is 4. The molecular formula is C19H24FN3O2. The first-order chi connectivity index (χ1) is 12.2. The number of aryl methyl sites for hydroxylation is 1. The van der Waals surface area contributed by atoms with Crippen molar-refractivity contribution in [2.75, 3.05) is 39.4 Å². The zero-order valence-electron chi connectivity index (χ0n) is 14.3. The molecule has 0 bridgehead atoms. The third-order valence-corrected chi connectivity index (χ3v) is 5.35. The predicted octanol–water partition coefficient (Wildman–Crippen LogP) is 1.86. The smallest absolute Gasteiger partial charge is 0.223 e. The summed E-state index contributed by atoms with van der Waals surface area (Å²) in [5, 5.41) is 3.99. The molecule has 1 amide bonds. The van der Waals surface area contributed by atoms with Gasteiger partial charge in [-0.2, -0.15) is 0 Å². The number of hydrogen-bond acceptors (Lipinski definition) is 3. The highest BCUT2D eigenvalue weighted by atomic mass is 19.1. The fraction of sp³-hybridized carbons (Fsp3) is 0.526. The summed E-state index contributed by atoms with van der Waals surface area (Å²) in [6.45, 7) is 4.95. The third kappa shape index (κ3) is 3.55. The van der Waals surface area contributed by atoms with E-state index in [1.807, 2.05) is 0 Å². The van der Waals surface area contributed by atoms with Crippen LogP contribution in [0, 0.1) is 11.7 Å². The van der Waals surface area contributed by atoms with Crippen LogP contribution in [0.5, 0.6) is 0 Å². The van der Waals surface area contributed by atoms with Gasteiger partial charge in [0.1, 0.15) is 5.82 Å². The van der Waals surface area contributed by atoms with Crippen molar-refractivity contribution in [2.24, 2.45) is 5.92 Å². The lowest BCUT2D eigenvalue weighted by molar-refractivity contribution is -0.125. The summed E-state index contributed by atoms with van der Waals surface area (Å²) in [4.78, 5) is 18.2. The second kappa shape index (κ2) is 7.14. The number of aromatic amines is 1. The van der Waals surface area contributed by atoms with Crippen LogP contribution in [0.4, 0.5) is 4.39 Å². The number of benzene rings is 1. The van der Waals surface area contributed by atoms with E-state index in [4.69, 9.17) is 4.74 Å². The molecule has 1 atom stereocenters. The summed E-state index contributed by atoms with van der Waals surface area (Å²) < 4.78 is 18.9. The fourth-order valence-corrected chi connectivity index (χ4v) is 3.92. The number of H-pyrrole nitrogens is 1. The zero-order chi connectivity index (χ0) is 17.2. The van der Waals surface area contributed by atoms with E-state index in [0.717, 1.165) is 67.8 Å². The number of ether oxygens (including phenoxy) is 1. The molecule has 0 radical (unpaired) electrons. The van der Waals surface area contributed by atoms with Crippen molar-refractivity contribution in [2.45, 2.75) is 19.3 Å². The lowest BCUT2D eigenvalue weighted by Gasteiger charge is -2.27. The van der Waals surface area contributed by atoms with E-state index in [2.05, 4.69) is 15.2 Å². The average molecular weight is 345 g/mol. The molecule has 0 spiro atoms. The highest BCUT2D eigenvalue weighted by Gasteiger charge is 2.27. The molecule has 1 aliphatic heterocycles. The third-order valence-electron chi connectivity index (χ3n) is 5.35. The van der Waals surface area contributed by atoms with Crippen molar-refractivity contribution in [3.05, 3.63) is 35.3 Å². The topological polar surface area (TPSA) is 57.4 Å². The van der Waals surface area contributed by atoms with Gasteiger partial charge in [0.2, 0.25) is 5.91 Å². The standard InChI is InChI=1S/C19H24FN3O2/c20-14-2-4-18-16(12-14)15-11-13(1-3-17(15)22-18)19(24)21-5-6-23-7-9-25-10-8-23/h2,4,12-13,22H,1,3,5-11H2,(H,21,24). The number of nitrogens with zero attached hydrogens (tertiary/aromatic N) is 1. The Morgan fingerprint density at radius 3 is 3.04 bits per heavy atom. The SMILES string of the molecule is O=C(NCCN1CCOCC1)C1CCc2[nH]c3ccc(F)cc3c2C1. The van der Waals surface area contributed by atoms with E-state index < -0.39 is 0 Å². The first-order valence-electron chi connectivity index (χ1n) is 9.07. The number of aromatic nitrogens is 1. The zero-order valence-corrected chi connectivity index (χ0v) is 14.3. The molecule has 1 aromatic carbocycles. The Balaban J connectivity index is 1.37. The molecule has 6 heteroatoms. The molecule has 0 saturated carbocycles. The number of hydrogen-bond donors (Lipinski definition) is 2. The number of morpholine rings is 1. The second-order valence-electron chi connectivity index (χ2n) is 6.96. The van der Waals surface area contributed by atoms with E-state index in [1.165, 1.54) is 6.07 Å². The molecule has 1 unspecified atom stereocenters. The molecule has 1 fully saturated rings. The Morgan fingerprint density at radius 2 is 2.20 bits per heavy atom. The summed E-state index contributed by atoms with van der Waals surface area (Å²) >= 11 is 0. The summed E-state index contributed by atoms with van der Waals surface area (Å²) in [7, 11) is 0. The van der Waals surface area contributed by atoms with Crippen LogP contribution in [0.3, 0.4) is 0 Å². The lowest BCUT2D eigenvalue weighted by Crippen LogP contribution is -2.43. The Hall–Kier alpha value is -1.92. The van der Waals surface area contributed by atoms with Gasteiger partial charge in [-0.15, -0.1) is 0 Å². The Bertz CT molecular complexity index is 767. The van der Waals surface area contributed by atoms with Gasteiger partial charge in [-0.05, 0) is 43.0 Å². The number of carbonyl (C=O) groups is 1. The van der Waals surface area contributed by atoms with E-state index in [-0.39, 0.29) is 17.6 Å². The van der Waals surface area contributed by atoms with E-state index in [0.29, 0.717) is 13.0 Å². The minimum absolute atomic E-state index is 0.0283. The number of halogens is 1. The maximum Gasteiger partial charge on any atom is 0.223 e. The molecule has 5 nitrogen and oxygen atoms in total. The van der Waals surface area contributed by atoms with Gasteiger partial charge in [0.25, 0.3) is 0 Å². The number of amides is 1. The van der Waals surface area contributed by atoms with Gasteiger partial charge in [-0.3, -0.25) is 9.69 Å². The van der Waals surface area contributed by atoms with Crippen molar-refractivity contribution < 1.29 is 13.9 Å². The summed E-state index contributed by atoms with van der Waals surface area (Å²) in [5.74, 6) is -0.143. The van der Waals surface area contributed by atoms with Crippen molar-refractivity contribution in [3.8, 4) is 0 Å². The van der Waals surface area contributed by atoms with Crippen LogP contribution in [-0.2, 0) is 22.4 Å². The first-order valence-corrected chi connectivity index (χ1v) is 9.07. The molecule has 1 aliphatic carbocycles. The Morgan fingerprint density at radius 1 is 1.36 bits per heavy atom. The molecule has 25 heavy (non-hydrogen) atoms. The molecule has 134 valence electrons. The van der Waals surface area contributed by atoms with Crippen LogP contribution in [-0.4, -0.2) is 55.2 Å². The monoisotopic (exact) mass is 345 g/mol. The second-order valence-corrected chi connectivity index (χ2v) is 6.96. The minimum atomic E-state index is -0.230. The lowest BCUT2D eigenvalue weighted by atomic mass is 9.86. The van der Waals surface area contributed by atoms with Crippen LogP contribution in [0.25, 0.3) is 10.9 Å². The van der Waals surface area contributed by atoms with E-state index >= 15 is 0 Å². The van der Waals surface area contributed by atoms with Crippen LogP contribution in [0.2, 0.25) is 0 Å². The molecule has 2 aliphatic rings. The summed E-state index contributed by atoms with van der Waals surface area (Å²) in [6.07, 6.45) is 2.36. The van der Waals surface area contributed by atoms with Gasteiger partial charge in [0, 0.05) is 48.7 Å². The summed E-state index contributed by atoms with van der Waals surface area (Å²) in [5.41, 5.74) is 3.21. The average Bonchev–Trinajstić information content (AvgIpc) is 2.99. The first kappa shape index (κ1) is 16.5. The summed E-state index contributed by atoms with van der Waals surface area (Å²) in [6, 6.07) is 4.82. The van der Waals surface area contributed by atoms with Gasteiger partial charge in [0.15, 0.2) is 0 Å². The molecule has 1 aromatic heterocycles. The van der Waals surface area contributed by atoms with Crippen molar-refractivity contribution in [1.29, 1.82) is 0 Å². The van der Waals surface area contributed by atoms with Gasteiger partial charge in [0.05, 0.1) is 13.2 Å². The van der Waals surface area contributed by atoms with E-state index in [9.17, 15) is 9.18 Å². The molecule has 2 aromatic rings. The quantitative estimate of drug-likeness (QED) is 0.889. The van der Waals surface area contributed by atoms with Crippen LogP contribution in [0.15, 0.2) is 18.2 Å². The largest absolute Gasteiger partial charge is 0.379 e. The van der Waals surface area contributed by atoms with Crippen LogP contribution in [0.1, 0.15) is 17.7 Å². The van der Waals surface area contributed by atoms with Crippen LogP contribution >= 0.6 is 0 Å². The molecule has 1 saturated heterocycles. The Kier molecular flexibility index (Phi) is 4.72. The highest BCUT2D eigenvalue weighted by molar-refractivity contribution is 5.87. The number of carbonyl (C=O) groups excluding carboxylic acids is 1. The number of fused-ring (bicyclic) bond motifs is 3. The minimum Gasteiger partial charge on any atom is -0.379 e. The van der Waals surface area contributed by atoms with Gasteiger partial charge in [-0.25, -0.2) is 4.39 Å². The molecule has 2 N–H and O–H groups in total. The fourth-order valence-electron chi connectivity index (χ4n) is 3.92. The maximum atomic E-state index is 13.6. The van der Waals surface area contributed by atoms with Crippen molar-refractivity contribution in [3.63, 3.8) is 0 Å². The van der Waals surface area contributed by atoms with E-state index in [1.54, 1.807) is 12.1 Å². The van der Waals surface area contributed by atoms with Gasteiger partial charge in [-0.1, -0.05) is 0 Å². The normalized spacial score (nSPS) is 21.2. The number of nitrogens with one attached hydrogen (secondary N) is 2. The maximum absolute atomic E-state index is 13.6. The van der Waals surface area contributed by atoms with Gasteiger partial charge < -0.3 is 15.0 Å².